The van der Waals surface area contributed by atoms with Gasteiger partial charge in [0.2, 0.25) is 27.7 Å². The van der Waals surface area contributed by atoms with Crippen molar-refractivity contribution in [3.63, 3.8) is 0 Å². The van der Waals surface area contributed by atoms with Crippen LogP contribution in [-0.2, 0) is 29.1 Å². The minimum atomic E-state index is -3.89. The van der Waals surface area contributed by atoms with E-state index in [1.165, 1.54) is 11.0 Å². The summed E-state index contributed by atoms with van der Waals surface area (Å²) in [4.78, 5) is 60.5. The van der Waals surface area contributed by atoms with Crippen molar-refractivity contribution in [2.45, 2.75) is 102 Å². The number of nitrogens with one attached hydrogen (secondary N) is 3. The molecule has 3 N–H and O–H groups in total. The summed E-state index contributed by atoms with van der Waals surface area (Å²) in [5.41, 5.74) is -3.20. The second-order valence-corrected chi connectivity index (χ2v) is 17.4. The molecular formula is C34H44ClN5O8S. The Morgan fingerprint density at radius 2 is 1.80 bits per heavy atom. The van der Waals surface area contributed by atoms with E-state index in [0.717, 1.165) is 0 Å². The van der Waals surface area contributed by atoms with Crippen LogP contribution in [0.25, 0.3) is 10.8 Å². The van der Waals surface area contributed by atoms with E-state index in [1.807, 2.05) is 0 Å². The number of pyridine rings is 1. The smallest absolute Gasteiger partial charge is 0.408 e. The predicted octanol–water partition coefficient (Wildman–Crippen LogP) is 3.85. The van der Waals surface area contributed by atoms with Gasteiger partial charge in [-0.1, -0.05) is 44.5 Å². The SMILES string of the molecule is C=C[C@@H]1C[C@]1(NC(=O)[C@H]1C[C@@H](Oc2nccc3c(Cl)cccc23)CN1C(=O)[C@@H](NC(=O)OC(C)(C)C)C(C)(C)C)C(=O)NS(=O)(=O)C1CC1. The number of alkyl carbamates (subject to hydrolysis) is 1. The highest BCUT2D eigenvalue weighted by Crippen LogP contribution is 2.45. The molecule has 2 saturated carbocycles. The Balaban J connectivity index is 1.44. The quantitative estimate of drug-likeness (QED) is 0.309. The van der Waals surface area contributed by atoms with E-state index < -0.39 is 79.7 Å². The average Bonchev–Trinajstić information content (AvgIpc) is 3.91. The largest absolute Gasteiger partial charge is 0.472 e. The van der Waals surface area contributed by atoms with Crippen LogP contribution in [0.5, 0.6) is 5.88 Å². The van der Waals surface area contributed by atoms with Gasteiger partial charge in [0.25, 0.3) is 5.91 Å². The molecule has 15 heteroatoms. The summed E-state index contributed by atoms with van der Waals surface area (Å²) in [6.07, 6.45) is 2.57. The molecule has 5 atom stereocenters. The number of fused-ring (bicyclic) bond motifs is 1. The molecule has 4 amide bonds. The van der Waals surface area contributed by atoms with E-state index in [9.17, 15) is 27.6 Å². The third-order valence-electron chi connectivity index (χ3n) is 8.87. The molecule has 13 nitrogen and oxygen atoms in total. The van der Waals surface area contributed by atoms with Crippen molar-refractivity contribution >= 4 is 56.2 Å². The van der Waals surface area contributed by atoms with Crippen LogP contribution in [0.1, 0.15) is 67.2 Å². The maximum Gasteiger partial charge on any atom is 0.408 e. The molecule has 0 spiro atoms. The predicted molar refractivity (Wildman–Crippen MR) is 183 cm³/mol. The second-order valence-electron chi connectivity index (χ2n) is 15.1. The fourth-order valence-corrected chi connectivity index (χ4v) is 7.63. The third kappa shape index (κ3) is 7.95. The normalized spacial score (nSPS) is 24.5. The van der Waals surface area contributed by atoms with Gasteiger partial charge in [-0.2, -0.15) is 0 Å². The summed E-state index contributed by atoms with van der Waals surface area (Å²) in [5, 5.41) is 6.66. The van der Waals surface area contributed by atoms with Crippen molar-refractivity contribution in [3.8, 4) is 5.88 Å². The Morgan fingerprint density at radius 1 is 1.10 bits per heavy atom. The number of aromatic nitrogens is 1. The van der Waals surface area contributed by atoms with Gasteiger partial charge in [-0.05, 0) is 63.6 Å². The van der Waals surface area contributed by atoms with Gasteiger partial charge < -0.3 is 25.0 Å². The van der Waals surface area contributed by atoms with Gasteiger partial charge in [-0.25, -0.2) is 18.2 Å². The van der Waals surface area contributed by atoms with Gasteiger partial charge in [-0.3, -0.25) is 19.1 Å². The highest BCUT2D eigenvalue weighted by atomic mass is 35.5. The maximum absolute atomic E-state index is 14.4. The number of nitrogens with zero attached hydrogens (tertiary/aromatic N) is 2. The fourth-order valence-electron chi connectivity index (χ4n) is 6.03. The molecule has 0 bridgehead atoms. The van der Waals surface area contributed by atoms with E-state index >= 15 is 0 Å². The van der Waals surface area contributed by atoms with Gasteiger partial charge in [0.05, 0.1) is 11.8 Å². The van der Waals surface area contributed by atoms with Crippen molar-refractivity contribution in [2.75, 3.05) is 6.54 Å². The Morgan fingerprint density at radius 3 is 2.39 bits per heavy atom. The zero-order valence-corrected chi connectivity index (χ0v) is 30.1. The summed E-state index contributed by atoms with van der Waals surface area (Å²) in [6, 6.07) is 4.78. The molecule has 266 valence electrons. The lowest BCUT2D eigenvalue weighted by Crippen LogP contribution is -2.60. The molecule has 5 rings (SSSR count). The van der Waals surface area contributed by atoms with Gasteiger partial charge in [0.15, 0.2) is 0 Å². The monoisotopic (exact) mass is 717 g/mol. The Bertz CT molecular complexity index is 1780. The van der Waals surface area contributed by atoms with E-state index in [1.54, 1.807) is 72.0 Å². The molecule has 2 aliphatic carbocycles. The molecule has 2 aromatic rings. The van der Waals surface area contributed by atoms with Crippen LogP contribution in [0.3, 0.4) is 0 Å². The molecule has 1 saturated heterocycles. The minimum absolute atomic E-state index is 0.0103. The van der Waals surface area contributed by atoms with E-state index in [4.69, 9.17) is 21.1 Å². The van der Waals surface area contributed by atoms with Crippen LogP contribution >= 0.6 is 11.6 Å². The summed E-state index contributed by atoms with van der Waals surface area (Å²) < 4.78 is 39.2. The second kappa shape index (κ2) is 13.1. The van der Waals surface area contributed by atoms with Crippen molar-refractivity contribution in [1.29, 1.82) is 0 Å². The van der Waals surface area contributed by atoms with Crippen molar-refractivity contribution in [1.82, 2.24) is 25.2 Å². The van der Waals surface area contributed by atoms with Gasteiger partial charge in [0.1, 0.15) is 29.3 Å². The summed E-state index contributed by atoms with van der Waals surface area (Å²) in [5.74, 6) is -2.36. The number of hydrogen-bond acceptors (Lipinski definition) is 9. The van der Waals surface area contributed by atoms with E-state index in [2.05, 4.69) is 26.9 Å². The summed E-state index contributed by atoms with van der Waals surface area (Å²) in [7, 11) is -3.89. The first kappa shape index (κ1) is 36.4. The Hall–Kier alpha value is -3.91. The number of amides is 4. The van der Waals surface area contributed by atoms with E-state index in [0.29, 0.717) is 28.6 Å². The number of carbonyl (C=O) groups is 4. The average molecular weight is 718 g/mol. The number of likely N-dealkylation sites (tertiary alicyclic amines) is 1. The molecule has 2 heterocycles. The molecular weight excluding hydrogens is 674 g/mol. The standard InChI is InChI=1S/C34H44ClN5O8S/c1-8-19-17-34(19,30(43)39-49(45,46)21-12-13-21)38-27(41)25-16-20(47-28-23-10-9-11-24(35)22(23)14-15-36-28)18-40(25)29(42)26(32(2,3)4)37-31(44)48-33(5,6)7/h8-11,14-15,19-21,25-26H,1,12-13,16-18H2,2-7H3,(H,37,44)(H,38,41)(H,39,43)/t19-,20-,25-,26-,34-/m1/s1. The molecule has 3 aliphatic rings. The van der Waals surface area contributed by atoms with Gasteiger partial charge in [0, 0.05) is 34.3 Å². The molecule has 1 aliphatic heterocycles. The van der Waals surface area contributed by atoms with Crippen molar-refractivity contribution in [3.05, 3.63) is 48.1 Å². The van der Waals surface area contributed by atoms with Gasteiger partial charge in [-0.15, -0.1) is 6.58 Å². The molecule has 1 aromatic carbocycles. The third-order valence-corrected chi connectivity index (χ3v) is 11.0. The topological polar surface area (TPSA) is 173 Å². The first-order chi connectivity index (χ1) is 22.8. The van der Waals surface area contributed by atoms with Crippen LogP contribution in [0, 0.1) is 11.3 Å². The fraction of sp³-hybridized carbons (Fsp3) is 0.559. The number of carbonyl (C=O) groups excluding carboxylic acids is 4. The number of halogens is 1. The number of benzene rings is 1. The highest BCUT2D eigenvalue weighted by molar-refractivity contribution is 7.91. The minimum Gasteiger partial charge on any atom is -0.472 e. The van der Waals surface area contributed by atoms with E-state index in [-0.39, 0.29) is 25.3 Å². The Labute approximate surface area is 291 Å². The highest BCUT2D eigenvalue weighted by Gasteiger charge is 2.62. The van der Waals surface area contributed by atoms with Crippen LogP contribution < -0.4 is 20.1 Å². The van der Waals surface area contributed by atoms with Crippen LogP contribution in [-0.4, -0.2) is 83.2 Å². The molecule has 3 fully saturated rings. The lowest BCUT2D eigenvalue weighted by molar-refractivity contribution is -0.143. The van der Waals surface area contributed by atoms with Crippen LogP contribution in [0.2, 0.25) is 5.02 Å². The number of hydrogen-bond donors (Lipinski definition) is 3. The molecule has 0 radical (unpaired) electrons. The zero-order chi connectivity index (χ0) is 36.1. The van der Waals surface area contributed by atoms with Crippen LogP contribution in [0.15, 0.2) is 43.1 Å². The summed E-state index contributed by atoms with van der Waals surface area (Å²) >= 11 is 6.40. The lowest BCUT2D eigenvalue weighted by Gasteiger charge is -2.36. The first-order valence-electron chi connectivity index (χ1n) is 16.3. The molecule has 0 unspecified atom stereocenters. The van der Waals surface area contributed by atoms with Crippen molar-refractivity contribution in [2.24, 2.45) is 11.3 Å². The van der Waals surface area contributed by atoms with Crippen molar-refractivity contribution < 1.29 is 37.1 Å². The van der Waals surface area contributed by atoms with Crippen LogP contribution in [0.4, 0.5) is 4.79 Å². The molecule has 49 heavy (non-hydrogen) atoms. The Kier molecular flexibility index (Phi) is 9.71. The number of ether oxygens (including phenoxy) is 2. The zero-order valence-electron chi connectivity index (χ0n) is 28.5. The number of rotatable bonds is 10. The van der Waals surface area contributed by atoms with Gasteiger partial charge >= 0.3 is 6.09 Å². The first-order valence-corrected chi connectivity index (χ1v) is 18.2. The maximum atomic E-state index is 14.4. The molecule has 1 aromatic heterocycles. The lowest BCUT2D eigenvalue weighted by atomic mass is 9.85. The summed E-state index contributed by atoms with van der Waals surface area (Å²) in [6.45, 7) is 14.1. The number of sulfonamides is 1.